The highest BCUT2D eigenvalue weighted by Crippen LogP contribution is 2.37. The zero-order chi connectivity index (χ0) is 42.8. The number of para-hydroxylation sites is 2. The van der Waals surface area contributed by atoms with Crippen LogP contribution in [0.1, 0.15) is 15.2 Å². The first-order chi connectivity index (χ1) is 30.8. The molecule has 0 aliphatic rings. The fourth-order valence-corrected chi connectivity index (χ4v) is 7.96. The lowest BCUT2D eigenvalue weighted by atomic mass is 10.1. The molecular weight excluding hydrogens is 741 g/mol. The number of fused-ring (bicyclic) bond motifs is 6. The van der Waals surface area contributed by atoms with Crippen molar-refractivity contribution in [3.63, 3.8) is 0 Å². The molecule has 0 aliphatic carbocycles. The van der Waals surface area contributed by atoms with Gasteiger partial charge in [-0.15, -0.1) is 0 Å². The lowest BCUT2D eigenvalue weighted by molar-refractivity contribution is 0.483. The summed E-state index contributed by atoms with van der Waals surface area (Å²) in [5, 5.41) is 4.35. The van der Waals surface area contributed by atoms with E-state index in [0.29, 0.717) is 34.2 Å². The first kappa shape index (κ1) is 31.9. The second kappa shape index (κ2) is 14.4. The van der Waals surface area contributed by atoms with Crippen LogP contribution in [-0.4, -0.2) is 29.1 Å². The summed E-state index contributed by atoms with van der Waals surface area (Å²) in [7, 11) is 0. The monoisotopic (exact) mass is 779 g/mol. The lowest BCUT2D eigenvalue weighted by Gasteiger charge is -2.11. The zero-order valence-electron chi connectivity index (χ0n) is 35.6. The molecule has 6 aromatic carbocycles. The highest BCUT2D eigenvalue weighted by molar-refractivity contribution is 6.10. The highest BCUT2D eigenvalue weighted by Gasteiger charge is 2.16. The molecule has 5 heterocycles. The normalized spacial score (nSPS) is 12.2. The number of aryl methyl sites for hydroxylation is 2. The van der Waals surface area contributed by atoms with Crippen LogP contribution in [0.3, 0.4) is 0 Å². The van der Waals surface area contributed by atoms with Crippen LogP contribution in [0.15, 0.2) is 182 Å². The molecule has 0 saturated carbocycles. The molecule has 0 radical (unpaired) electrons. The van der Waals surface area contributed by atoms with Gasteiger partial charge >= 0.3 is 0 Å². The number of rotatable bonds is 8. The molecule has 0 aliphatic heterocycles. The Morgan fingerprint density at radius 2 is 0.950 bits per heavy atom. The summed E-state index contributed by atoms with van der Waals surface area (Å²) in [6.45, 7) is 4.10. The summed E-state index contributed by atoms with van der Waals surface area (Å²) in [6, 6.07) is 45.1. The summed E-state index contributed by atoms with van der Waals surface area (Å²) in [6.07, 6.45) is 6.84. The molecule has 0 fully saturated rings. The maximum atomic E-state index is 8.80. The molecule has 11 rings (SSSR count). The minimum atomic E-state index is -0.272. The maximum Gasteiger partial charge on any atom is 0.137 e. The van der Waals surface area contributed by atoms with Crippen LogP contribution in [-0.2, 0) is 0 Å². The molecule has 0 amide bonds. The van der Waals surface area contributed by atoms with Gasteiger partial charge in [0.15, 0.2) is 0 Å². The van der Waals surface area contributed by atoms with E-state index in [-0.39, 0.29) is 23.9 Å². The van der Waals surface area contributed by atoms with Gasteiger partial charge in [-0.25, -0.2) is 9.97 Å². The van der Waals surface area contributed by atoms with Crippen molar-refractivity contribution >= 4 is 43.6 Å². The van der Waals surface area contributed by atoms with Crippen LogP contribution >= 0.6 is 0 Å². The van der Waals surface area contributed by atoms with Gasteiger partial charge < -0.3 is 9.47 Å². The van der Waals surface area contributed by atoms with Gasteiger partial charge in [-0.1, -0.05) is 60.6 Å². The minimum absolute atomic E-state index is 0.131. The van der Waals surface area contributed by atoms with Crippen LogP contribution in [0.2, 0.25) is 0 Å². The molecule has 286 valence electrons. The average molecular weight is 780 g/mol. The summed E-state index contributed by atoms with van der Waals surface area (Å²) < 4.78 is 43.4. The second-order valence-corrected chi connectivity index (χ2v) is 14.8. The van der Waals surface area contributed by atoms with Crippen molar-refractivity contribution in [1.82, 2.24) is 29.1 Å². The van der Waals surface area contributed by atoms with Gasteiger partial charge in [0.25, 0.3) is 0 Å². The third kappa shape index (κ3) is 6.27. The summed E-state index contributed by atoms with van der Waals surface area (Å²) in [5.41, 5.74) is 8.26. The summed E-state index contributed by atoms with van der Waals surface area (Å²) in [4.78, 5) is 18.8. The highest BCUT2D eigenvalue weighted by atomic mass is 16.5. The third-order valence-electron chi connectivity index (χ3n) is 10.7. The minimum Gasteiger partial charge on any atom is -0.457 e. The SMILES string of the molecule is [2H]c1c(Oc2ccc3c4ccccc4n(-c4cc(C)ccn4)c3c2)cc(-c2cnc(-c3cccc(Oc4ccc5c6ccccc6n(-c6cc(C)ccn6)c5c4)c3)cn2)c([2H])c1[2H]. The topological polar surface area (TPSA) is 79.9 Å². The van der Waals surface area contributed by atoms with E-state index in [9.17, 15) is 0 Å². The number of ether oxygens (including phenoxy) is 2. The van der Waals surface area contributed by atoms with E-state index in [4.69, 9.17) is 28.5 Å². The fraction of sp³-hybridized carbons (Fsp3) is 0.0385. The summed E-state index contributed by atoms with van der Waals surface area (Å²) in [5.74, 6) is 3.53. The van der Waals surface area contributed by atoms with Crippen molar-refractivity contribution < 1.29 is 13.6 Å². The molecule has 0 unspecified atom stereocenters. The number of nitrogens with zero attached hydrogens (tertiary/aromatic N) is 6. The standard InChI is InChI=1S/C52H36N6O2/c1-33-21-23-53-51(25-33)57-47-15-5-3-13-41(47)43-19-17-39(29-49(43)57)59-37-11-7-9-35(27-37)45-31-56-46(32-55-45)36-10-8-12-38(28-36)60-40-18-20-44-42-14-4-6-16-48(42)58(50(44)30-40)52-26-34(2)22-24-54-52/h3-32H,1-2H3/i7D,9D,11D. The van der Waals surface area contributed by atoms with Crippen molar-refractivity contribution in [3.05, 3.63) is 194 Å². The number of benzene rings is 6. The fourth-order valence-electron chi connectivity index (χ4n) is 7.96. The van der Waals surface area contributed by atoms with Gasteiger partial charge in [0.1, 0.15) is 34.6 Å². The van der Waals surface area contributed by atoms with E-state index in [0.717, 1.165) is 71.9 Å². The van der Waals surface area contributed by atoms with Gasteiger partial charge in [-0.05, 0) is 110 Å². The second-order valence-electron chi connectivity index (χ2n) is 14.8. The van der Waals surface area contributed by atoms with E-state index in [1.165, 1.54) is 0 Å². The van der Waals surface area contributed by atoms with Crippen molar-refractivity contribution in [2.45, 2.75) is 13.8 Å². The van der Waals surface area contributed by atoms with Crippen LogP contribution in [0.4, 0.5) is 0 Å². The number of pyridine rings is 2. The van der Waals surface area contributed by atoms with E-state index in [2.05, 4.69) is 57.4 Å². The van der Waals surface area contributed by atoms with Gasteiger partial charge in [-0.2, -0.15) is 0 Å². The van der Waals surface area contributed by atoms with Gasteiger partial charge in [0.2, 0.25) is 0 Å². The maximum absolute atomic E-state index is 8.80. The zero-order valence-corrected chi connectivity index (χ0v) is 32.6. The predicted molar refractivity (Wildman–Crippen MR) is 240 cm³/mol. The van der Waals surface area contributed by atoms with E-state index >= 15 is 0 Å². The van der Waals surface area contributed by atoms with Crippen molar-refractivity contribution in [2.24, 2.45) is 0 Å². The Balaban J connectivity index is 0.888. The Morgan fingerprint density at radius 1 is 0.433 bits per heavy atom. The molecule has 0 N–H and O–H groups in total. The lowest BCUT2D eigenvalue weighted by Crippen LogP contribution is -1.97. The molecule has 8 nitrogen and oxygen atoms in total. The smallest absolute Gasteiger partial charge is 0.137 e. The molecule has 8 heteroatoms. The number of aromatic nitrogens is 6. The van der Waals surface area contributed by atoms with Gasteiger partial charge in [0.05, 0.1) is 50.0 Å². The Hall–Kier alpha value is -8.10. The van der Waals surface area contributed by atoms with Crippen molar-refractivity contribution in [1.29, 1.82) is 0 Å². The molecular formula is C52H36N6O2. The molecule has 0 spiro atoms. The van der Waals surface area contributed by atoms with E-state index in [1.807, 2.05) is 110 Å². The third-order valence-corrected chi connectivity index (χ3v) is 10.7. The molecule has 60 heavy (non-hydrogen) atoms. The molecule has 11 aromatic rings. The van der Waals surface area contributed by atoms with Crippen LogP contribution < -0.4 is 9.47 Å². The molecule has 5 aromatic heterocycles. The Labute approximate surface area is 349 Å². The quantitative estimate of drug-likeness (QED) is 0.153. The van der Waals surface area contributed by atoms with Gasteiger partial charge in [0, 0.05) is 57.2 Å². The first-order valence-electron chi connectivity index (χ1n) is 21.1. The van der Waals surface area contributed by atoms with Crippen LogP contribution in [0.25, 0.3) is 77.8 Å². The Kier molecular flexibility index (Phi) is 7.65. The van der Waals surface area contributed by atoms with E-state index in [1.54, 1.807) is 24.7 Å². The average Bonchev–Trinajstić information content (AvgIpc) is 3.81. The Morgan fingerprint density at radius 3 is 1.53 bits per heavy atom. The molecule has 0 bridgehead atoms. The Bertz CT molecular complexity index is 3600. The van der Waals surface area contributed by atoms with Crippen molar-refractivity contribution in [3.8, 4) is 57.1 Å². The predicted octanol–water partition coefficient (Wildman–Crippen LogP) is 13.0. The van der Waals surface area contributed by atoms with Crippen molar-refractivity contribution in [2.75, 3.05) is 0 Å². The van der Waals surface area contributed by atoms with Crippen LogP contribution in [0.5, 0.6) is 23.0 Å². The van der Waals surface area contributed by atoms with Crippen LogP contribution in [0, 0.1) is 13.8 Å². The molecule has 0 saturated heterocycles. The largest absolute Gasteiger partial charge is 0.457 e. The first-order valence-corrected chi connectivity index (χ1v) is 19.6. The number of hydrogen-bond acceptors (Lipinski definition) is 6. The molecule has 0 atom stereocenters. The van der Waals surface area contributed by atoms with Gasteiger partial charge in [-0.3, -0.25) is 19.1 Å². The van der Waals surface area contributed by atoms with E-state index < -0.39 is 0 Å². The summed E-state index contributed by atoms with van der Waals surface area (Å²) >= 11 is 0. The number of hydrogen-bond donors (Lipinski definition) is 0.